The topological polar surface area (TPSA) is 75.2 Å². The van der Waals surface area contributed by atoms with Gasteiger partial charge >= 0.3 is 0 Å². The molecule has 3 rings (SSSR count). The predicted molar refractivity (Wildman–Crippen MR) is 106 cm³/mol. The van der Waals surface area contributed by atoms with Gasteiger partial charge in [-0.25, -0.2) is 4.98 Å². The first-order valence-electron chi connectivity index (χ1n) is 9.40. The minimum atomic E-state index is -0.137. The van der Waals surface area contributed by atoms with Crippen LogP contribution in [0.3, 0.4) is 0 Å². The maximum absolute atomic E-state index is 12.7. The molecule has 2 amide bonds. The number of aryl methyl sites for hydroxylation is 1. The zero-order valence-corrected chi connectivity index (χ0v) is 16.7. The van der Waals surface area contributed by atoms with Crippen molar-refractivity contribution in [1.82, 2.24) is 20.2 Å². The summed E-state index contributed by atoms with van der Waals surface area (Å²) in [5.74, 6) is 0.134. The minimum Gasteiger partial charge on any atom is -0.348 e. The number of nitrogens with zero attached hydrogens (tertiary/aromatic N) is 3. The number of carbonyl (C=O) groups excluding carboxylic acids is 2. The molecule has 144 valence electrons. The zero-order valence-electron chi connectivity index (χ0n) is 15.9. The standard InChI is InChI=1S/C20H26N4O2S/c1-14-18(27-13-22-14)10-12-24(2)20(26)15-6-8-16(9-7-15)23-19(25)17-5-3-4-11-21-17/h3-5,11,13,15-16H,6-10,12H2,1-2H3,(H,23,25). The van der Waals surface area contributed by atoms with Crippen LogP contribution in [0.15, 0.2) is 29.9 Å². The third kappa shape index (κ3) is 5.13. The van der Waals surface area contributed by atoms with Crippen LogP contribution >= 0.6 is 11.3 Å². The van der Waals surface area contributed by atoms with E-state index in [9.17, 15) is 9.59 Å². The molecule has 2 heterocycles. The first kappa shape index (κ1) is 19.5. The lowest BCUT2D eigenvalue weighted by Crippen LogP contribution is -2.41. The Labute approximate surface area is 164 Å². The van der Waals surface area contributed by atoms with Gasteiger partial charge in [0.25, 0.3) is 5.91 Å². The van der Waals surface area contributed by atoms with Gasteiger partial charge in [-0.1, -0.05) is 6.07 Å². The van der Waals surface area contributed by atoms with E-state index in [1.807, 2.05) is 24.4 Å². The number of pyridine rings is 1. The largest absolute Gasteiger partial charge is 0.348 e. The van der Waals surface area contributed by atoms with Crippen molar-refractivity contribution >= 4 is 23.2 Å². The number of hydrogen-bond donors (Lipinski definition) is 1. The first-order valence-corrected chi connectivity index (χ1v) is 10.3. The molecule has 0 radical (unpaired) electrons. The fourth-order valence-electron chi connectivity index (χ4n) is 3.50. The maximum atomic E-state index is 12.7. The van der Waals surface area contributed by atoms with Crippen molar-refractivity contribution in [3.63, 3.8) is 0 Å². The highest BCUT2D eigenvalue weighted by Gasteiger charge is 2.29. The second-order valence-corrected chi connectivity index (χ2v) is 8.05. The van der Waals surface area contributed by atoms with Gasteiger partial charge in [0.1, 0.15) is 5.69 Å². The summed E-state index contributed by atoms with van der Waals surface area (Å²) in [7, 11) is 1.88. The molecule has 1 fully saturated rings. The van der Waals surface area contributed by atoms with Crippen molar-refractivity contribution < 1.29 is 9.59 Å². The summed E-state index contributed by atoms with van der Waals surface area (Å²) < 4.78 is 0. The Bertz CT molecular complexity index is 769. The molecule has 0 bridgehead atoms. The van der Waals surface area contributed by atoms with Crippen molar-refractivity contribution in [2.45, 2.75) is 45.1 Å². The van der Waals surface area contributed by atoms with E-state index in [0.29, 0.717) is 5.69 Å². The molecule has 0 unspecified atom stereocenters. The Morgan fingerprint density at radius 1 is 1.22 bits per heavy atom. The van der Waals surface area contributed by atoms with Crippen molar-refractivity contribution in [3.8, 4) is 0 Å². The Balaban J connectivity index is 1.43. The number of nitrogens with one attached hydrogen (secondary N) is 1. The van der Waals surface area contributed by atoms with Gasteiger partial charge in [0.15, 0.2) is 0 Å². The number of carbonyl (C=O) groups is 2. The van der Waals surface area contributed by atoms with Gasteiger partial charge in [0.2, 0.25) is 5.91 Å². The van der Waals surface area contributed by atoms with E-state index in [1.165, 1.54) is 4.88 Å². The molecule has 0 aliphatic heterocycles. The van der Waals surface area contributed by atoms with Crippen LogP contribution in [-0.4, -0.2) is 46.3 Å². The van der Waals surface area contributed by atoms with E-state index in [2.05, 4.69) is 15.3 Å². The molecule has 1 aliphatic rings. The van der Waals surface area contributed by atoms with Crippen molar-refractivity contribution in [1.29, 1.82) is 0 Å². The lowest BCUT2D eigenvalue weighted by Gasteiger charge is -2.31. The van der Waals surface area contributed by atoms with Gasteiger partial charge < -0.3 is 10.2 Å². The Morgan fingerprint density at radius 3 is 2.63 bits per heavy atom. The SMILES string of the molecule is Cc1ncsc1CCN(C)C(=O)C1CCC(NC(=O)c2ccccn2)CC1. The summed E-state index contributed by atoms with van der Waals surface area (Å²) in [5, 5.41) is 3.04. The number of aromatic nitrogens is 2. The molecule has 0 saturated heterocycles. The molecule has 1 aliphatic carbocycles. The molecule has 6 nitrogen and oxygen atoms in total. The number of amides is 2. The minimum absolute atomic E-state index is 0.0561. The van der Waals surface area contributed by atoms with Gasteiger partial charge in [-0.05, 0) is 44.7 Å². The van der Waals surface area contributed by atoms with E-state index in [1.54, 1.807) is 35.7 Å². The number of likely N-dealkylation sites (N-methyl/N-ethyl adjacent to an activating group) is 1. The molecule has 0 atom stereocenters. The summed E-state index contributed by atoms with van der Waals surface area (Å²) in [5.41, 5.74) is 3.35. The molecule has 2 aromatic heterocycles. The summed E-state index contributed by atoms with van der Waals surface area (Å²) >= 11 is 1.65. The van der Waals surface area contributed by atoms with Gasteiger partial charge in [-0.15, -0.1) is 11.3 Å². The van der Waals surface area contributed by atoms with Crippen LogP contribution < -0.4 is 5.32 Å². The van der Waals surface area contributed by atoms with Crippen molar-refractivity contribution in [2.24, 2.45) is 5.92 Å². The van der Waals surface area contributed by atoms with Crippen molar-refractivity contribution in [2.75, 3.05) is 13.6 Å². The average molecular weight is 387 g/mol. The van der Waals surface area contributed by atoms with E-state index >= 15 is 0 Å². The zero-order chi connectivity index (χ0) is 19.2. The van der Waals surface area contributed by atoms with Gasteiger partial charge in [-0.3, -0.25) is 14.6 Å². The highest BCUT2D eigenvalue weighted by atomic mass is 32.1. The maximum Gasteiger partial charge on any atom is 0.270 e. The van der Waals surface area contributed by atoms with E-state index in [4.69, 9.17) is 0 Å². The number of hydrogen-bond acceptors (Lipinski definition) is 5. The molecule has 0 aromatic carbocycles. The molecule has 1 saturated carbocycles. The predicted octanol–water partition coefficient (Wildman–Crippen LogP) is 2.84. The summed E-state index contributed by atoms with van der Waals surface area (Å²) in [6, 6.07) is 5.43. The molecule has 7 heteroatoms. The Kier molecular flexibility index (Phi) is 6.55. The van der Waals surface area contributed by atoms with Crippen LogP contribution in [0.5, 0.6) is 0 Å². The lowest BCUT2D eigenvalue weighted by molar-refractivity contribution is -0.135. The second-order valence-electron chi connectivity index (χ2n) is 7.11. The molecule has 0 spiro atoms. The summed E-state index contributed by atoms with van der Waals surface area (Å²) in [6.07, 6.45) is 5.77. The molecular formula is C20H26N4O2S. The molecular weight excluding hydrogens is 360 g/mol. The highest BCUT2D eigenvalue weighted by Crippen LogP contribution is 2.26. The quantitative estimate of drug-likeness (QED) is 0.828. The summed E-state index contributed by atoms with van der Waals surface area (Å²) in [4.78, 5) is 36.3. The van der Waals surface area contributed by atoms with E-state index < -0.39 is 0 Å². The highest BCUT2D eigenvalue weighted by molar-refractivity contribution is 7.09. The molecule has 27 heavy (non-hydrogen) atoms. The fraction of sp³-hybridized carbons (Fsp3) is 0.500. The third-order valence-corrected chi connectivity index (χ3v) is 6.20. The van der Waals surface area contributed by atoms with Crippen LogP contribution in [0.25, 0.3) is 0 Å². The van der Waals surface area contributed by atoms with Crippen molar-refractivity contribution in [3.05, 3.63) is 46.2 Å². The number of rotatable bonds is 6. The number of thiazole rings is 1. The van der Waals surface area contributed by atoms with Crippen LogP contribution in [0.2, 0.25) is 0 Å². The summed E-state index contributed by atoms with van der Waals surface area (Å²) in [6.45, 7) is 2.73. The molecule has 2 aromatic rings. The van der Waals surface area contributed by atoms with E-state index in [-0.39, 0.29) is 23.8 Å². The lowest BCUT2D eigenvalue weighted by atomic mass is 9.85. The van der Waals surface area contributed by atoms with Crippen LogP contribution in [0.4, 0.5) is 0 Å². The third-order valence-electron chi connectivity index (χ3n) is 5.20. The Hall–Kier alpha value is -2.28. The first-order chi connectivity index (χ1) is 13.0. The fourth-order valence-corrected chi connectivity index (χ4v) is 4.27. The second kappa shape index (κ2) is 9.08. The van der Waals surface area contributed by atoms with Crippen LogP contribution in [0.1, 0.15) is 46.7 Å². The van der Waals surface area contributed by atoms with Gasteiger partial charge in [0.05, 0.1) is 11.2 Å². The van der Waals surface area contributed by atoms with Gasteiger partial charge in [0, 0.05) is 43.0 Å². The normalized spacial score (nSPS) is 19.5. The Morgan fingerprint density at radius 2 is 2.00 bits per heavy atom. The van der Waals surface area contributed by atoms with E-state index in [0.717, 1.165) is 44.3 Å². The monoisotopic (exact) mass is 386 g/mol. The van der Waals surface area contributed by atoms with Crippen LogP contribution in [-0.2, 0) is 11.2 Å². The van der Waals surface area contributed by atoms with Crippen LogP contribution in [0, 0.1) is 12.8 Å². The average Bonchev–Trinajstić information content (AvgIpc) is 3.11. The smallest absolute Gasteiger partial charge is 0.270 e. The van der Waals surface area contributed by atoms with Gasteiger partial charge in [-0.2, -0.15) is 0 Å². The molecule has 1 N–H and O–H groups in total.